The van der Waals surface area contributed by atoms with E-state index in [9.17, 15) is 18.0 Å². The first-order chi connectivity index (χ1) is 11.7. The quantitative estimate of drug-likeness (QED) is 0.850. The number of rotatable bonds is 4. The zero-order valence-corrected chi connectivity index (χ0v) is 14.9. The average molecular weight is 358 g/mol. The lowest BCUT2D eigenvalue weighted by atomic mass is 10.0. The standard InChI is InChI=1S/C18H18N2O4S/c1-11-6-4-5-7-14(11)12(2)19-25(23,24)13-8-9-15-16(10-13)18(22)20(3)17(15)21/h4-10,12,19H,1-3H3. The van der Waals surface area contributed by atoms with E-state index in [2.05, 4.69) is 4.72 Å². The molecule has 7 heteroatoms. The van der Waals surface area contributed by atoms with Crippen molar-refractivity contribution >= 4 is 21.8 Å². The highest BCUT2D eigenvalue weighted by atomic mass is 32.2. The van der Waals surface area contributed by atoms with Crippen molar-refractivity contribution in [2.75, 3.05) is 7.05 Å². The van der Waals surface area contributed by atoms with Gasteiger partial charge in [-0.15, -0.1) is 0 Å². The van der Waals surface area contributed by atoms with Crippen LogP contribution in [0, 0.1) is 6.92 Å². The maximum atomic E-state index is 12.7. The highest BCUT2D eigenvalue weighted by Crippen LogP contribution is 2.26. The largest absolute Gasteiger partial charge is 0.277 e. The second-order valence-electron chi connectivity index (χ2n) is 6.08. The van der Waals surface area contributed by atoms with Gasteiger partial charge in [0.15, 0.2) is 0 Å². The van der Waals surface area contributed by atoms with Crippen molar-refractivity contribution in [1.29, 1.82) is 0 Å². The van der Waals surface area contributed by atoms with Crippen LogP contribution in [0.5, 0.6) is 0 Å². The van der Waals surface area contributed by atoms with Crippen LogP contribution in [0.3, 0.4) is 0 Å². The zero-order valence-electron chi connectivity index (χ0n) is 14.1. The number of aryl methyl sites for hydroxylation is 1. The minimum atomic E-state index is -3.84. The van der Waals surface area contributed by atoms with Gasteiger partial charge >= 0.3 is 0 Å². The summed E-state index contributed by atoms with van der Waals surface area (Å²) in [6.07, 6.45) is 0. The SMILES string of the molecule is Cc1ccccc1C(C)NS(=O)(=O)c1ccc2c(c1)C(=O)N(C)C2=O. The van der Waals surface area contributed by atoms with Gasteiger partial charge in [0.05, 0.1) is 16.0 Å². The fraction of sp³-hybridized carbons (Fsp3) is 0.222. The first-order valence-corrected chi connectivity index (χ1v) is 9.25. The summed E-state index contributed by atoms with van der Waals surface area (Å²) >= 11 is 0. The van der Waals surface area contributed by atoms with Crippen molar-refractivity contribution < 1.29 is 18.0 Å². The zero-order chi connectivity index (χ0) is 18.4. The van der Waals surface area contributed by atoms with Crippen LogP contribution in [0.25, 0.3) is 0 Å². The van der Waals surface area contributed by atoms with Crippen LogP contribution in [0.2, 0.25) is 0 Å². The van der Waals surface area contributed by atoms with E-state index in [0.717, 1.165) is 16.0 Å². The fourth-order valence-corrected chi connectivity index (χ4v) is 4.19. The molecule has 1 N–H and O–H groups in total. The second-order valence-corrected chi connectivity index (χ2v) is 7.79. The monoisotopic (exact) mass is 358 g/mol. The highest BCUT2D eigenvalue weighted by molar-refractivity contribution is 7.89. The Morgan fingerprint density at radius 2 is 1.64 bits per heavy atom. The van der Waals surface area contributed by atoms with Crippen molar-refractivity contribution in [3.8, 4) is 0 Å². The molecule has 2 aromatic carbocycles. The second kappa shape index (κ2) is 6.09. The fourth-order valence-electron chi connectivity index (χ4n) is 2.94. The van der Waals surface area contributed by atoms with E-state index in [-0.39, 0.29) is 16.0 Å². The Labute approximate surface area is 146 Å². The van der Waals surface area contributed by atoms with Crippen molar-refractivity contribution in [3.05, 3.63) is 64.7 Å². The van der Waals surface area contributed by atoms with Crippen LogP contribution >= 0.6 is 0 Å². The van der Waals surface area contributed by atoms with Gasteiger partial charge in [-0.3, -0.25) is 14.5 Å². The van der Waals surface area contributed by atoms with E-state index < -0.39 is 27.9 Å². The number of hydrogen-bond donors (Lipinski definition) is 1. The van der Waals surface area contributed by atoms with Gasteiger partial charge in [-0.25, -0.2) is 13.1 Å². The third-order valence-corrected chi connectivity index (χ3v) is 5.90. The minimum Gasteiger partial charge on any atom is -0.277 e. The van der Waals surface area contributed by atoms with Crippen molar-refractivity contribution in [2.45, 2.75) is 24.8 Å². The number of benzene rings is 2. The van der Waals surface area contributed by atoms with Gasteiger partial charge in [-0.1, -0.05) is 24.3 Å². The van der Waals surface area contributed by atoms with Gasteiger partial charge in [0.25, 0.3) is 11.8 Å². The molecule has 0 saturated heterocycles. The van der Waals surface area contributed by atoms with Crippen molar-refractivity contribution in [3.63, 3.8) is 0 Å². The Balaban J connectivity index is 1.93. The summed E-state index contributed by atoms with van der Waals surface area (Å²) < 4.78 is 28.0. The number of imide groups is 1. The molecule has 0 fully saturated rings. The van der Waals surface area contributed by atoms with Crippen molar-refractivity contribution in [1.82, 2.24) is 9.62 Å². The summed E-state index contributed by atoms with van der Waals surface area (Å²) in [5.74, 6) is -0.922. The molecule has 6 nitrogen and oxygen atoms in total. The van der Waals surface area contributed by atoms with Gasteiger partial charge in [-0.05, 0) is 43.2 Å². The molecule has 25 heavy (non-hydrogen) atoms. The van der Waals surface area contributed by atoms with Gasteiger partial charge in [0.2, 0.25) is 10.0 Å². The van der Waals surface area contributed by atoms with Crippen LogP contribution in [0.1, 0.15) is 44.8 Å². The van der Waals surface area contributed by atoms with E-state index in [4.69, 9.17) is 0 Å². The number of nitrogens with zero attached hydrogens (tertiary/aromatic N) is 1. The Hall–Kier alpha value is -2.51. The van der Waals surface area contributed by atoms with E-state index in [0.29, 0.717) is 0 Å². The summed E-state index contributed by atoms with van der Waals surface area (Å²) in [6.45, 7) is 3.67. The number of hydrogen-bond acceptors (Lipinski definition) is 4. The lowest BCUT2D eigenvalue weighted by molar-refractivity contribution is 0.0693. The Kier molecular flexibility index (Phi) is 4.22. The van der Waals surface area contributed by atoms with Gasteiger partial charge in [-0.2, -0.15) is 0 Å². The number of sulfonamides is 1. The molecule has 1 aliphatic rings. The minimum absolute atomic E-state index is 0.0388. The Bertz CT molecular complexity index is 982. The molecule has 1 heterocycles. The van der Waals surface area contributed by atoms with E-state index in [1.165, 1.54) is 25.2 Å². The Morgan fingerprint density at radius 1 is 1.00 bits per heavy atom. The number of fused-ring (bicyclic) bond motifs is 1. The summed E-state index contributed by atoms with van der Waals surface area (Å²) in [4.78, 5) is 24.9. The molecule has 2 amide bonds. The first kappa shape index (κ1) is 17.3. The lowest BCUT2D eigenvalue weighted by Crippen LogP contribution is -2.27. The third-order valence-electron chi connectivity index (χ3n) is 4.36. The van der Waals surface area contributed by atoms with Gasteiger partial charge < -0.3 is 0 Å². The van der Waals surface area contributed by atoms with Crippen LogP contribution in [0.15, 0.2) is 47.4 Å². The van der Waals surface area contributed by atoms with Crippen LogP contribution in [-0.2, 0) is 10.0 Å². The predicted molar refractivity (Wildman–Crippen MR) is 92.8 cm³/mol. The number of carbonyl (C=O) groups excluding carboxylic acids is 2. The molecule has 3 rings (SSSR count). The van der Waals surface area contributed by atoms with E-state index in [1.54, 1.807) is 6.92 Å². The third kappa shape index (κ3) is 2.96. The molecule has 2 aromatic rings. The molecule has 0 saturated carbocycles. The average Bonchev–Trinajstić information content (AvgIpc) is 2.79. The molecule has 0 bridgehead atoms. The molecule has 1 atom stereocenters. The molecule has 0 aromatic heterocycles. The summed E-state index contributed by atoms with van der Waals surface area (Å²) in [6, 6.07) is 11.1. The Morgan fingerprint density at radius 3 is 2.32 bits per heavy atom. The number of carbonyl (C=O) groups is 2. The molecule has 0 aliphatic carbocycles. The maximum Gasteiger partial charge on any atom is 0.261 e. The highest BCUT2D eigenvalue weighted by Gasteiger charge is 2.34. The van der Waals surface area contributed by atoms with Gasteiger partial charge in [0, 0.05) is 13.1 Å². The topological polar surface area (TPSA) is 83.6 Å². The molecule has 0 radical (unpaired) electrons. The predicted octanol–water partition coefficient (Wildman–Crippen LogP) is 2.26. The lowest BCUT2D eigenvalue weighted by Gasteiger charge is -2.17. The molecular formula is C18H18N2O4S. The molecular weight excluding hydrogens is 340 g/mol. The van der Waals surface area contributed by atoms with Crippen LogP contribution < -0.4 is 4.72 Å². The van der Waals surface area contributed by atoms with Crippen molar-refractivity contribution in [2.24, 2.45) is 0 Å². The van der Waals surface area contributed by atoms with E-state index in [1.807, 2.05) is 31.2 Å². The first-order valence-electron chi connectivity index (χ1n) is 7.76. The van der Waals surface area contributed by atoms with E-state index >= 15 is 0 Å². The van der Waals surface area contributed by atoms with Crippen LogP contribution in [-0.4, -0.2) is 32.2 Å². The normalized spacial score (nSPS) is 15.4. The molecule has 0 spiro atoms. The van der Waals surface area contributed by atoms with Crippen LogP contribution in [0.4, 0.5) is 0 Å². The maximum absolute atomic E-state index is 12.7. The molecule has 130 valence electrons. The number of amides is 2. The summed E-state index contributed by atoms with van der Waals surface area (Å²) in [7, 11) is -2.46. The number of nitrogens with one attached hydrogen (secondary N) is 1. The summed E-state index contributed by atoms with van der Waals surface area (Å²) in [5, 5.41) is 0. The summed E-state index contributed by atoms with van der Waals surface area (Å²) in [5.41, 5.74) is 2.18. The molecule has 1 unspecified atom stereocenters. The smallest absolute Gasteiger partial charge is 0.261 e. The van der Waals surface area contributed by atoms with Gasteiger partial charge in [0.1, 0.15) is 0 Å². The molecule has 1 aliphatic heterocycles.